The highest BCUT2D eigenvalue weighted by Crippen LogP contribution is 2.25. The Bertz CT molecular complexity index is 274. The fraction of sp³-hybridized carbons (Fsp3) is 0.909. The van der Waals surface area contributed by atoms with Gasteiger partial charge in [0, 0.05) is 13.1 Å². The first-order chi connectivity index (χ1) is 7.29. The fourth-order valence-corrected chi connectivity index (χ4v) is 2.42. The van der Waals surface area contributed by atoms with Crippen molar-refractivity contribution in [1.29, 1.82) is 0 Å². The Morgan fingerprint density at radius 2 is 1.38 bits per heavy atom. The fourth-order valence-electron chi connectivity index (χ4n) is 2.42. The first-order valence-corrected chi connectivity index (χ1v) is 5.78. The van der Waals surface area contributed by atoms with Crippen LogP contribution in [0.4, 0.5) is 4.79 Å². The molecule has 2 rings (SSSR count). The van der Waals surface area contributed by atoms with Crippen molar-refractivity contribution in [2.75, 3.05) is 26.2 Å². The third-order valence-corrected chi connectivity index (χ3v) is 3.44. The summed E-state index contributed by atoms with van der Waals surface area (Å²) in [5, 5.41) is 19.6. The topological polar surface area (TPSA) is 64.0 Å². The second-order valence-corrected chi connectivity index (χ2v) is 5.62. The Labute approximate surface area is 95.6 Å². The smallest absolute Gasteiger partial charge is 0.320 e. The molecule has 0 radical (unpaired) electrons. The minimum atomic E-state index is -0.752. The molecule has 0 aromatic carbocycles. The number of hydrogen-bond donors (Lipinski definition) is 2. The van der Waals surface area contributed by atoms with Crippen LogP contribution in [0.15, 0.2) is 0 Å². The molecule has 2 aliphatic rings. The van der Waals surface area contributed by atoms with Crippen molar-refractivity contribution < 1.29 is 15.0 Å². The lowest BCUT2D eigenvalue weighted by Gasteiger charge is -2.26. The number of amides is 2. The van der Waals surface area contributed by atoms with E-state index in [0.717, 1.165) is 0 Å². The molecule has 5 nitrogen and oxygen atoms in total. The third kappa shape index (κ3) is 2.30. The molecule has 2 fully saturated rings. The summed E-state index contributed by atoms with van der Waals surface area (Å²) in [5.74, 6) is 0. The van der Waals surface area contributed by atoms with Gasteiger partial charge in [0.25, 0.3) is 0 Å². The lowest BCUT2D eigenvalue weighted by molar-refractivity contribution is 0.0620. The molecule has 2 amide bonds. The maximum Gasteiger partial charge on any atom is 0.320 e. The number of carbonyl (C=O) groups excluding carboxylic acids is 1. The maximum atomic E-state index is 12.1. The highest BCUT2D eigenvalue weighted by atomic mass is 16.3. The van der Waals surface area contributed by atoms with Crippen molar-refractivity contribution in [3.05, 3.63) is 0 Å². The highest BCUT2D eigenvalue weighted by molar-refractivity contribution is 5.75. The molecule has 92 valence electrons. The minimum absolute atomic E-state index is 0.0597. The van der Waals surface area contributed by atoms with E-state index in [1.807, 2.05) is 0 Å². The molecule has 0 saturated carbocycles. The second kappa shape index (κ2) is 3.60. The Morgan fingerprint density at radius 3 is 1.62 bits per heavy atom. The number of carbonyl (C=O) groups is 1. The van der Waals surface area contributed by atoms with Crippen LogP contribution in [0.5, 0.6) is 0 Å². The zero-order chi connectivity index (χ0) is 12.0. The number of nitrogens with zero attached hydrogens (tertiary/aromatic N) is 2. The molecule has 2 saturated heterocycles. The van der Waals surface area contributed by atoms with Crippen LogP contribution in [-0.4, -0.2) is 63.4 Å². The Hall–Kier alpha value is -0.810. The Balaban J connectivity index is 1.95. The van der Waals surface area contributed by atoms with E-state index in [4.69, 9.17) is 0 Å². The predicted molar refractivity (Wildman–Crippen MR) is 59.0 cm³/mol. The molecule has 2 N–H and O–H groups in total. The molecule has 0 aromatic heterocycles. The minimum Gasteiger partial charge on any atom is -0.388 e. The van der Waals surface area contributed by atoms with Crippen molar-refractivity contribution in [2.45, 2.75) is 37.9 Å². The maximum absolute atomic E-state index is 12.1. The van der Waals surface area contributed by atoms with Crippen LogP contribution in [0, 0.1) is 0 Å². The summed E-state index contributed by atoms with van der Waals surface area (Å²) in [6.45, 7) is 5.49. The summed E-state index contributed by atoms with van der Waals surface area (Å²) in [6, 6.07) is -0.0597. The Kier molecular flexibility index (Phi) is 2.62. The van der Waals surface area contributed by atoms with Gasteiger partial charge in [0.05, 0.1) is 24.3 Å². The van der Waals surface area contributed by atoms with Crippen LogP contribution in [-0.2, 0) is 0 Å². The van der Waals surface area contributed by atoms with E-state index in [1.165, 1.54) is 0 Å². The molecule has 0 bridgehead atoms. The molecule has 0 spiro atoms. The summed E-state index contributed by atoms with van der Waals surface area (Å²) in [4.78, 5) is 15.4. The van der Waals surface area contributed by atoms with Gasteiger partial charge in [-0.25, -0.2) is 4.79 Å². The van der Waals surface area contributed by atoms with Crippen molar-refractivity contribution in [3.8, 4) is 0 Å². The first kappa shape index (κ1) is 11.7. The third-order valence-electron chi connectivity index (χ3n) is 3.44. The molecule has 0 aliphatic carbocycles. The van der Waals surface area contributed by atoms with Gasteiger partial charge in [-0.3, -0.25) is 0 Å². The highest BCUT2D eigenvalue weighted by Gasteiger charge is 2.40. The molecular weight excluding hydrogens is 208 g/mol. The van der Waals surface area contributed by atoms with Gasteiger partial charge in [0.1, 0.15) is 0 Å². The largest absolute Gasteiger partial charge is 0.388 e. The van der Waals surface area contributed by atoms with Gasteiger partial charge in [-0.1, -0.05) is 0 Å². The lowest BCUT2D eigenvalue weighted by Crippen LogP contribution is -2.44. The van der Waals surface area contributed by atoms with Crippen LogP contribution in [0.25, 0.3) is 0 Å². The number of rotatable bonds is 0. The summed E-state index contributed by atoms with van der Waals surface area (Å²) >= 11 is 0. The molecule has 2 heterocycles. The van der Waals surface area contributed by atoms with Crippen molar-refractivity contribution in [2.24, 2.45) is 0 Å². The summed E-state index contributed by atoms with van der Waals surface area (Å²) in [7, 11) is 0. The quantitative estimate of drug-likeness (QED) is 0.614. The molecule has 2 unspecified atom stereocenters. The first-order valence-electron chi connectivity index (χ1n) is 5.78. The number of aliphatic hydroxyl groups is 2. The average molecular weight is 228 g/mol. The summed E-state index contributed by atoms with van der Waals surface area (Å²) < 4.78 is 0. The standard InChI is InChI=1S/C11H20N2O3/c1-10(15)3-5-12(7-10)9(14)13-6-4-11(2,16)8-13/h15-16H,3-8H2,1-2H3. The van der Waals surface area contributed by atoms with E-state index >= 15 is 0 Å². The van der Waals surface area contributed by atoms with Crippen LogP contribution in [0.1, 0.15) is 26.7 Å². The number of likely N-dealkylation sites (tertiary alicyclic amines) is 2. The van der Waals surface area contributed by atoms with Gasteiger partial charge >= 0.3 is 6.03 Å². The predicted octanol–water partition coefficient (Wildman–Crippen LogP) is 0.0198. The molecule has 5 heteroatoms. The van der Waals surface area contributed by atoms with Gasteiger partial charge in [0.2, 0.25) is 0 Å². The van der Waals surface area contributed by atoms with Crippen molar-refractivity contribution in [1.82, 2.24) is 9.80 Å². The average Bonchev–Trinajstić information content (AvgIpc) is 2.68. The molecule has 2 aliphatic heterocycles. The lowest BCUT2D eigenvalue weighted by atomic mass is 10.1. The number of urea groups is 1. The van der Waals surface area contributed by atoms with Gasteiger partial charge in [-0.2, -0.15) is 0 Å². The summed E-state index contributed by atoms with van der Waals surface area (Å²) in [6.07, 6.45) is 1.26. The van der Waals surface area contributed by atoms with Gasteiger partial charge in [-0.15, -0.1) is 0 Å². The molecule has 2 atom stereocenters. The number of β-amino-alcohol motifs (C(OH)–C–C–N with tert-alkyl or cyclic N) is 2. The van der Waals surface area contributed by atoms with Crippen molar-refractivity contribution >= 4 is 6.03 Å². The van der Waals surface area contributed by atoms with Gasteiger partial charge < -0.3 is 20.0 Å². The van der Waals surface area contributed by atoms with Crippen LogP contribution < -0.4 is 0 Å². The normalized spacial score (nSPS) is 39.5. The zero-order valence-corrected chi connectivity index (χ0v) is 9.94. The zero-order valence-electron chi connectivity index (χ0n) is 9.94. The van der Waals surface area contributed by atoms with E-state index < -0.39 is 11.2 Å². The van der Waals surface area contributed by atoms with E-state index in [1.54, 1.807) is 23.6 Å². The number of hydrogen-bond acceptors (Lipinski definition) is 3. The molecule has 0 aromatic rings. The monoisotopic (exact) mass is 228 g/mol. The Morgan fingerprint density at radius 1 is 1.00 bits per heavy atom. The van der Waals surface area contributed by atoms with Crippen LogP contribution in [0.2, 0.25) is 0 Å². The molecule has 16 heavy (non-hydrogen) atoms. The van der Waals surface area contributed by atoms with Gasteiger partial charge in [-0.05, 0) is 26.7 Å². The van der Waals surface area contributed by atoms with E-state index in [9.17, 15) is 15.0 Å². The van der Waals surface area contributed by atoms with Gasteiger partial charge in [0.15, 0.2) is 0 Å². The van der Waals surface area contributed by atoms with Crippen LogP contribution in [0.3, 0.4) is 0 Å². The second-order valence-electron chi connectivity index (χ2n) is 5.62. The molecular formula is C11H20N2O3. The van der Waals surface area contributed by atoms with E-state index in [0.29, 0.717) is 39.0 Å². The van der Waals surface area contributed by atoms with E-state index in [2.05, 4.69) is 0 Å². The van der Waals surface area contributed by atoms with Crippen molar-refractivity contribution in [3.63, 3.8) is 0 Å². The summed E-state index contributed by atoms with van der Waals surface area (Å²) in [5.41, 5.74) is -1.50. The van der Waals surface area contributed by atoms with E-state index in [-0.39, 0.29) is 6.03 Å². The SMILES string of the molecule is CC1(O)CCN(C(=O)N2CCC(C)(O)C2)C1. The van der Waals surface area contributed by atoms with Crippen LogP contribution >= 0.6 is 0 Å².